The molecule has 0 radical (unpaired) electrons. The third-order valence-electron chi connectivity index (χ3n) is 2.61. The summed E-state index contributed by atoms with van der Waals surface area (Å²) in [6, 6.07) is 5.51. The first kappa shape index (κ1) is 17.7. The molecule has 0 spiro atoms. The van der Waals surface area contributed by atoms with Crippen molar-refractivity contribution in [2.24, 2.45) is 0 Å². The first-order valence-electron chi connectivity index (χ1n) is 6.37. The number of esters is 1. The number of rotatable bonds is 8. The Morgan fingerprint density at radius 1 is 1.48 bits per heavy atom. The van der Waals surface area contributed by atoms with Crippen molar-refractivity contribution in [1.29, 1.82) is 5.26 Å². The molecular formula is C15H14N2O6. The van der Waals surface area contributed by atoms with Crippen molar-refractivity contribution in [2.75, 3.05) is 20.3 Å². The predicted octanol–water partition coefficient (Wildman–Crippen LogP) is 2.21. The molecule has 120 valence electrons. The van der Waals surface area contributed by atoms with E-state index in [1.165, 1.54) is 30.5 Å². The summed E-state index contributed by atoms with van der Waals surface area (Å²) in [5, 5.41) is 19.8. The summed E-state index contributed by atoms with van der Waals surface area (Å²) in [6.07, 6.45) is 2.42. The Labute approximate surface area is 132 Å². The first-order valence-corrected chi connectivity index (χ1v) is 6.37. The van der Waals surface area contributed by atoms with Crippen LogP contribution in [0.25, 0.3) is 6.08 Å². The zero-order chi connectivity index (χ0) is 17.2. The second-order valence-corrected chi connectivity index (χ2v) is 4.03. The van der Waals surface area contributed by atoms with Crippen LogP contribution >= 0.6 is 0 Å². The van der Waals surface area contributed by atoms with Crippen molar-refractivity contribution < 1.29 is 23.9 Å². The molecule has 0 aromatic heterocycles. The minimum atomic E-state index is -0.847. The van der Waals surface area contributed by atoms with Crippen molar-refractivity contribution in [3.05, 3.63) is 52.3 Å². The Bertz CT molecular complexity index is 675. The zero-order valence-electron chi connectivity index (χ0n) is 12.4. The van der Waals surface area contributed by atoms with Crippen LogP contribution < -0.4 is 4.74 Å². The number of hydrogen-bond acceptors (Lipinski definition) is 7. The zero-order valence-corrected chi connectivity index (χ0v) is 12.4. The van der Waals surface area contributed by atoms with E-state index < -0.39 is 10.9 Å². The van der Waals surface area contributed by atoms with Gasteiger partial charge < -0.3 is 14.2 Å². The highest BCUT2D eigenvalue weighted by molar-refractivity contribution is 5.98. The van der Waals surface area contributed by atoms with Crippen LogP contribution in [0.4, 0.5) is 5.69 Å². The molecule has 0 bridgehead atoms. The fourth-order valence-corrected chi connectivity index (χ4v) is 1.58. The summed E-state index contributed by atoms with van der Waals surface area (Å²) in [5.41, 5.74) is -0.298. The van der Waals surface area contributed by atoms with Gasteiger partial charge in [0.05, 0.1) is 18.3 Å². The number of methoxy groups -OCH3 is 1. The molecule has 0 N–H and O–H groups in total. The van der Waals surface area contributed by atoms with E-state index in [0.717, 1.165) is 7.11 Å². The third kappa shape index (κ3) is 5.17. The number of ether oxygens (including phenoxy) is 3. The highest BCUT2D eigenvalue weighted by atomic mass is 16.6. The SMILES string of the molecule is C=COCCOc1ccc([N+](=O)[O-])cc1C=C(C#N)C(=O)OC. The van der Waals surface area contributed by atoms with Gasteiger partial charge in [0.15, 0.2) is 0 Å². The van der Waals surface area contributed by atoms with Gasteiger partial charge in [0, 0.05) is 17.7 Å². The molecule has 0 aliphatic heterocycles. The Morgan fingerprint density at radius 2 is 2.22 bits per heavy atom. The number of nitriles is 1. The average Bonchev–Trinajstić information content (AvgIpc) is 2.56. The van der Waals surface area contributed by atoms with Gasteiger partial charge in [0.1, 0.15) is 30.6 Å². The van der Waals surface area contributed by atoms with Crippen molar-refractivity contribution in [3.8, 4) is 11.8 Å². The van der Waals surface area contributed by atoms with E-state index in [2.05, 4.69) is 11.3 Å². The van der Waals surface area contributed by atoms with Crippen LogP contribution in [0.15, 0.2) is 36.6 Å². The number of benzene rings is 1. The maximum Gasteiger partial charge on any atom is 0.348 e. The van der Waals surface area contributed by atoms with Crippen LogP contribution in [0.2, 0.25) is 0 Å². The van der Waals surface area contributed by atoms with E-state index in [9.17, 15) is 14.9 Å². The molecule has 0 atom stereocenters. The van der Waals surface area contributed by atoms with E-state index in [4.69, 9.17) is 14.7 Å². The van der Waals surface area contributed by atoms with Gasteiger partial charge in [-0.15, -0.1) is 0 Å². The smallest absolute Gasteiger partial charge is 0.348 e. The highest BCUT2D eigenvalue weighted by Gasteiger charge is 2.14. The number of nitro benzene ring substituents is 1. The third-order valence-corrected chi connectivity index (χ3v) is 2.61. The minimum Gasteiger partial charge on any atom is -0.498 e. The molecule has 23 heavy (non-hydrogen) atoms. The number of nitrogens with zero attached hydrogens (tertiary/aromatic N) is 2. The van der Waals surface area contributed by atoms with Gasteiger partial charge >= 0.3 is 5.97 Å². The van der Waals surface area contributed by atoms with Gasteiger partial charge in [-0.3, -0.25) is 10.1 Å². The predicted molar refractivity (Wildman–Crippen MR) is 80.3 cm³/mol. The Hall–Kier alpha value is -3.34. The first-order chi connectivity index (χ1) is 11.0. The second-order valence-electron chi connectivity index (χ2n) is 4.03. The van der Waals surface area contributed by atoms with E-state index in [-0.39, 0.29) is 35.8 Å². The standard InChI is InChI=1S/C15H14N2O6/c1-3-22-6-7-23-14-5-4-13(17(19)20)9-11(14)8-12(10-16)15(18)21-2/h3-5,8-9H,1,6-7H2,2H3. The molecule has 1 rings (SSSR count). The Kier molecular flexibility index (Phi) is 6.81. The highest BCUT2D eigenvalue weighted by Crippen LogP contribution is 2.26. The molecule has 0 saturated heterocycles. The van der Waals surface area contributed by atoms with E-state index in [1.54, 1.807) is 6.07 Å². The lowest BCUT2D eigenvalue weighted by Gasteiger charge is -2.09. The average molecular weight is 318 g/mol. The van der Waals surface area contributed by atoms with E-state index >= 15 is 0 Å². The van der Waals surface area contributed by atoms with E-state index in [1.807, 2.05) is 0 Å². The number of carbonyl (C=O) groups excluding carboxylic acids is 1. The number of non-ortho nitro benzene ring substituents is 1. The quantitative estimate of drug-likeness (QED) is 0.137. The molecule has 0 aliphatic carbocycles. The summed E-state index contributed by atoms with van der Waals surface area (Å²) in [7, 11) is 1.13. The van der Waals surface area contributed by atoms with Crippen LogP contribution in [-0.4, -0.2) is 31.2 Å². The number of hydrogen-bond donors (Lipinski definition) is 0. The molecule has 8 nitrogen and oxygen atoms in total. The molecule has 8 heteroatoms. The van der Waals surface area contributed by atoms with Gasteiger partial charge in [-0.2, -0.15) is 5.26 Å². The van der Waals surface area contributed by atoms with Crippen molar-refractivity contribution >= 4 is 17.7 Å². The maximum absolute atomic E-state index is 11.5. The van der Waals surface area contributed by atoms with Crippen LogP contribution in [-0.2, 0) is 14.3 Å². The van der Waals surface area contributed by atoms with Crippen LogP contribution in [0.3, 0.4) is 0 Å². The minimum absolute atomic E-state index is 0.158. The van der Waals surface area contributed by atoms with Gasteiger partial charge in [-0.1, -0.05) is 6.58 Å². The molecule has 0 amide bonds. The van der Waals surface area contributed by atoms with Gasteiger partial charge in [0.25, 0.3) is 5.69 Å². The summed E-state index contributed by atoms with van der Waals surface area (Å²) < 4.78 is 14.8. The van der Waals surface area contributed by atoms with Gasteiger partial charge in [-0.05, 0) is 12.1 Å². The van der Waals surface area contributed by atoms with Crippen molar-refractivity contribution in [2.45, 2.75) is 0 Å². The fraction of sp³-hybridized carbons (Fsp3) is 0.200. The molecule has 0 saturated carbocycles. The van der Waals surface area contributed by atoms with Crippen LogP contribution in [0, 0.1) is 21.4 Å². The molecule has 0 heterocycles. The topological polar surface area (TPSA) is 112 Å². The summed E-state index contributed by atoms with van der Waals surface area (Å²) in [4.78, 5) is 21.7. The molecular weight excluding hydrogens is 304 g/mol. The lowest BCUT2D eigenvalue weighted by molar-refractivity contribution is -0.384. The van der Waals surface area contributed by atoms with Gasteiger partial charge in [0.2, 0.25) is 0 Å². The monoisotopic (exact) mass is 318 g/mol. The van der Waals surface area contributed by atoms with E-state index in [0.29, 0.717) is 0 Å². The lowest BCUT2D eigenvalue weighted by atomic mass is 10.1. The normalized spacial score (nSPS) is 10.3. The molecule has 0 aliphatic rings. The Morgan fingerprint density at radius 3 is 2.78 bits per heavy atom. The van der Waals surface area contributed by atoms with Crippen molar-refractivity contribution in [1.82, 2.24) is 0 Å². The summed E-state index contributed by atoms with van der Waals surface area (Å²) >= 11 is 0. The van der Waals surface area contributed by atoms with Crippen LogP contribution in [0.1, 0.15) is 5.56 Å². The molecule has 1 aromatic rings. The Balaban J connectivity index is 3.18. The molecule has 0 fully saturated rings. The molecule has 1 aromatic carbocycles. The number of carbonyl (C=O) groups is 1. The van der Waals surface area contributed by atoms with Gasteiger partial charge in [-0.25, -0.2) is 4.79 Å². The second kappa shape index (κ2) is 8.84. The largest absolute Gasteiger partial charge is 0.498 e. The maximum atomic E-state index is 11.5. The number of nitro groups is 1. The van der Waals surface area contributed by atoms with Crippen LogP contribution in [0.5, 0.6) is 5.75 Å². The fourth-order valence-electron chi connectivity index (χ4n) is 1.58. The molecule has 0 unspecified atom stereocenters. The lowest BCUT2D eigenvalue weighted by Crippen LogP contribution is -2.06. The summed E-state index contributed by atoms with van der Waals surface area (Å²) in [6.45, 7) is 3.77. The van der Waals surface area contributed by atoms with Crippen molar-refractivity contribution in [3.63, 3.8) is 0 Å². The summed E-state index contributed by atoms with van der Waals surface area (Å²) in [5.74, 6) is -0.583.